The molecular weight excluding hydrogens is 445 g/mol. The third-order valence-electron chi connectivity index (χ3n) is 3.83. The van der Waals surface area contributed by atoms with E-state index in [4.69, 9.17) is 16.3 Å². The normalized spacial score (nSPS) is 11.8. The van der Waals surface area contributed by atoms with Crippen LogP contribution in [0.1, 0.15) is 0 Å². The molecule has 0 unspecified atom stereocenters. The molecule has 1 N–H and O–H groups in total. The Bertz CT molecular complexity index is 1150. The minimum atomic E-state index is -5.08. The van der Waals surface area contributed by atoms with Crippen LogP contribution in [-0.2, 0) is 10.0 Å². The Morgan fingerprint density at radius 2 is 1.70 bits per heavy atom. The maximum absolute atomic E-state index is 12.7. The lowest BCUT2D eigenvalue weighted by Crippen LogP contribution is -2.21. The predicted molar refractivity (Wildman–Crippen MR) is 105 cm³/mol. The molecule has 0 saturated heterocycles. The number of nitrogens with one attached hydrogen (secondary N) is 1. The van der Waals surface area contributed by atoms with E-state index in [2.05, 4.69) is 14.4 Å². The summed E-state index contributed by atoms with van der Waals surface area (Å²) >= 11 is 5.78. The minimum absolute atomic E-state index is 0.0428. The second-order valence-electron chi connectivity index (χ2n) is 5.94. The van der Waals surface area contributed by atoms with Crippen molar-refractivity contribution in [2.45, 2.75) is 11.3 Å². The third kappa shape index (κ3) is 5.33. The number of hydrogen-bond acceptors (Lipinski definition) is 5. The summed E-state index contributed by atoms with van der Waals surface area (Å²) in [6.45, 7) is 0. The third-order valence-corrected chi connectivity index (χ3v) is 5.47. The number of hydrogen-bond donors (Lipinski definition) is 1. The highest BCUT2D eigenvalue weighted by atomic mass is 35.5. The van der Waals surface area contributed by atoms with Crippen LogP contribution in [0.5, 0.6) is 11.5 Å². The van der Waals surface area contributed by atoms with Crippen molar-refractivity contribution in [2.24, 2.45) is 0 Å². The molecule has 6 nitrogen and oxygen atoms in total. The smallest absolute Gasteiger partial charge is 0.497 e. The fourth-order valence-electron chi connectivity index (χ4n) is 2.55. The Kier molecular flexibility index (Phi) is 6.09. The number of alkyl halides is 3. The van der Waals surface area contributed by atoms with E-state index in [9.17, 15) is 21.6 Å². The molecule has 0 bridgehead atoms. The standard InChI is InChI=1S/C19H14ClF3N2O4S/c1-28-16-5-2-12(3-6-16)13-8-15(11-24-10-13)25-30(26,27)18-9-14(20)4-7-17(18)29-19(21,22)23/h2-11,25H,1H3. The van der Waals surface area contributed by atoms with Crippen molar-refractivity contribution in [1.29, 1.82) is 0 Å². The SMILES string of the molecule is COc1ccc(-c2cncc(NS(=O)(=O)c3cc(Cl)ccc3OC(F)(F)F)c2)cc1. The van der Waals surface area contributed by atoms with Gasteiger partial charge in [-0.1, -0.05) is 23.7 Å². The zero-order valence-corrected chi connectivity index (χ0v) is 16.8. The Morgan fingerprint density at radius 1 is 1.00 bits per heavy atom. The van der Waals surface area contributed by atoms with E-state index in [-0.39, 0.29) is 10.7 Å². The number of pyridine rings is 1. The van der Waals surface area contributed by atoms with Crippen molar-refractivity contribution < 1.29 is 31.1 Å². The number of rotatable bonds is 6. The van der Waals surface area contributed by atoms with E-state index >= 15 is 0 Å². The van der Waals surface area contributed by atoms with E-state index in [1.807, 2.05) is 0 Å². The van der Waals surface area contributed by atoms with Gasteiger partial charge >= 0.3 is 6.36 Å². The molecule has 0 atom stereocenters. The summed E-state index contributed by atoms with van der Waals surface area (Å²) in [7, 11) is -2.94. The molecule has 30 heavy (non-hydrogen) atoms. The molecule has 0 radical (unpaired) electrons. The molecule has 1 aromatic heterocycles. The molecule has 0 fully saturated rings. The lowest BCUT2D eigenvalue weighted by molar-refractivity contribution is -0.275. The molecule has 0 aliphatic heterocycles. The first-order chi connectivity index (χ1) is 14.1. The van der Waals surface area contributed by atoms with Crippen LogP contribution in [0, 0.1) is 0 Å². The zero-order chi connectivity index (χ0) is 21.9. The summed E-state index contributed by atoms with van der Waals surface area (Å²) < 4.78 is 74.5. The van der Waals surface area contributed by atoms with E-state index in [1.165, 1.54) is 25.6 Å². The van der Waals surface area contributed by atoms with E-state index < -0.39 is 27.0 Å². The fraction of sp³-hybridized carbons (Fsp3) is 0.105. The summed E-state index contributed by atoms with van der Waals surface area (Å²) in [5, 5.41) is -0.0741. The summed E-state index contributed by atoms with van der Waals surface area (Å²) in [4.78, 5) is 3.22. The van der Waals surface area contributed by atoms with Crippen molar-refractivity contribution in [3.63, 3.8) is 0 Å². The molecule has 0 aliphatic rings. The first-order valence-corrected chi connectivity index (χ1v) is 10.1. The second-order valence-corrected chi connectivity index (χ2v) is 8.02. The highest BCUT2D eigenvalue weighted by molar-refractivity contribution is 7.92. The van der Waals surface area contributed by atoms with Crippen molar-refractivity contribution in [3.05, 3.63) is 65.9 Å². The molecule has 0 amide bonds. The fourth-order valence-corrected chi connectivity index (χ4v) is 3.97. The molecule has 2 aromatic carbocycles. The summed E-state index contributed by atoms with van der Waals surface area (Å²) in [5.41, 5.74) is 1.35. The molecule has 0 spiro atoms. The summed E-state index contributed by atoms with van der Waals surface area (Å²) in [5.74, 6) is -0.264. The van der Waals surface area contributed by atoms with Gasteiger partial charge in [0.05, 0.1) is 19.0 Å². The molecule has 11 heteroatoms. The van der Waals surface area contributed by atoms with E-state index in [0.29, 0.717) is 11.3 Å². The highest BCUT2D eigenvalue weighted by Crippen LogP contribution is 2.33. The van der Waals surface area contributed by atoms with Gasteiger partial charge in [-0.05, 0) is 42.0 Å². The van der Waals surface area contributed by atoms with Crippen LogP contribution in [0.3, 0.4) is 0 Å². The number of anilines is 1. The van der Waals surface area contributed by atoms with Gasteiger partial charge in [0.25, 0.3) is 10.0 Å². The van der Waals surface area contributed by atoms with Gasteiger partial charge in [0.1, 0.15) is 16.4 Å². The largest absolute Gasteiger partial charge is 0.573 e. The van der Waals surface area contributed by atoms with Crippen LogP contribution in [0.25, 0.3) is 11.1 Å². The average Bonchev–Trinajstić information content (AvgIpc) is 2.68. The van der Waals surface area contributed by atoms with Crippen LogP contribution in [0.15, 0.2) is 65.8 Å². The predicted octanol–water partition coefficient (Wildman–Crippen LogP) is 5.11. The van der Waals surface area contributed by atoms with Crippen molar-refractivity contribution in [2.75, 3.05) is 11.8 Å². The maximum atomic E-state index is 12.7. The Morgan fingerprint density at radius 3 is 2.33 bits per heavy atom. The molecule has 3 rings (SSSR count). The van der Waals surface area contributed by atoms with Gasteiger partial charge in [0.15, 0.2) is 0 Å². The molecule has 0 saturated carbocycles. The molecule has 1 heterocycles. The summed E-state index contributed by atoms with van der Waals surface area (Å²) in [6.07, 6.45) is -2.34. The van der Waals surface area contributed by atoms with Crippen LogP contribution in [0.2, 0.25) is 5.02 Å². The second kappa shape index (κ2) is 8.41. The number of methoxy groups -OCH3 is 1. The van der Waals surface area contributed by atoms with Gasteiger partial charge in [0.2, 0.25) is 0 Å². The number of aromatic nitrogens is 1. The van der Waals surface area contributed by atoms with Gasteiger partial charge in [-0.15, -0.1) is 13.2 Å². The van der Waals surface area contributed by atoms with Crippen LogP contribution in [-0.4, -0.2) is 26.9 Å². The van der Waals surface area contributed by atoms with E-state index in [1.54, 1.807) is 24.3 Å². The first kappa shape index (κ1) is 21.7. The lowest BCUT2D eigenvalue weighted by Gasteiger charge is -2.15. The number of nitrogens with zero attached hydrogens (tertiary/aromatic N) is 1. The number of sulfonamides is 1. The van der Waals surface area contributed by atoms with Crippen LogP contribution < -0.4 is 14.2 Å². The van der Waals surface area contributed by atoms with Gasteiger partial charge < -0.3 is 9.47 Å². The topological polar surface area (TPSA) is 77.5 Å². The van der Waals surface area contributed by atoms with Crippen molar-refractivity contribution in [3.8, 4) is 22.6 Å². The highest BCUT2D eigenvalue weighted by Gasteiger charge is 2.34. The van der Waals surface area contributed by atoms with Gasteiger partial charge in [-0.3, -0.25) is 9.71 Å². The lowest BCUT2D eigenvalue weighted by atomic mass is 10.1. The Hall–Kier alpha value is -2.98. The van der Waals surface area contributed by atoms with Gasteiger partial charge in [0, 0.05) is 16.8 Å². The number of halogens is 4. The van der Waals surface area contributed by atoms with E-state index in [0.717, 1.165) is 23.8 Å². The molecule has 3 aromatic rings. The van der Waals surface area contributed by atoms with Crippen LogP contribution >= 0.6 is 11.6 Å². The molecule has 158 valence electrons. The first-order valence-electron chi connectivity index (χ1n) is 8.25. The van der Waals surface area contributed by atoms with Crippen molar-refractivity contribution >= 4 is 27.3 Å². The minimum Gasteiger partial charge on any atom is -0.497 e. The van der Waals surface area contributed by atoms with Gasteiger partial charge in [-0.25, -0.2) is 8.42 Å². The quantitative estimate of drug-likeness (QED) is 0.555. The number of ether oxygens (including phenoxy) is 2. The zero-order valence-electron chi connectivity index (χ0n) is 15.3. The molecular formula is C19H14ClF3N2O4S. The monoisotopic (exact) mass is 458 g/mol. The van der Waals surface area contributed by atoms with Gasteiger partial charge in [-0.2, -0.15) is 0 Å². The Labute approximate surface area is 175 Å². The van der Waals surface area contributed by atoms with Crippen molar-refractivity contribution in [1.82, 2.24) is 4.98 Å². The Balaban J connectivity index is 1.93. The summed E-state index contributed by atoms with van der Waals surface area (Å²) in [6, 6.07) is 11.2. The molecule has 0 aliphatic carbocycles. The van der Waals surface area contributed by atoms with Crippen LogP contribution in [0.4, 0.5) is 18.9 Å². The average molecular weight is 459 g/mol. The number of benzene rings is 2. The maximum Gasteiger partial charge on any atom is 0.573 e.